The third-order valence-corrected chi connectivity index (χ3v) is 12.3. The molecule has 0 saturated carbocycles. The molecule has 0 bridgehead atoms. The van der Waals surface area contributed by atoms with E-state index in [0.29, 0.717) is 5.92 Å². The number of hydrogen-bond acceptors (Lipinski definition) is 2. The van der Waals surface area contributed by atoms with Gasteiger partial charge in [0.2, 0.25) is 0 Å². The molecule has 56 heavy (non-hydrogen) atoms. The van der Waals surface area contributed by atoms with Crippen LogP contribution < -0.4 is 4.90 Å². The highest BCUT2D eigenvalue weighted by Crippen LogP contribution is 2.56. The number of amidine groups is 2. The van der Waals surface area contributed by atoms with E-state index in [9.17, 15) is 0 Å². The van der Waals surface area contributed by atoms with Crippen molar-refractivity contribution in [2.45, 2.75) is 31.7 Å². The lowest BCUT2D eigenvalue weighted by Crippen LogP contribution is -2.44. The molecular weight excluding hydrogens is 681 g/mol. The van der Waals surface area contributed by atoms with Crippen LogP contribution in [0.3, 0.4) is 0 Å². The van der Waals surface area contributed by atoms with Gasteiger partial charge in [0.05, 0.1) is 16.6 Å². The van der Waals surface area contributed by atoms with Gasteiger partial charge >= 0.3 is 0 Å². The van der Waals surface area contributed by atoms with Crippen LogP contribution in [0.4, 0.5) is 17.1 Å². The minimum absolute atomic E-state index is 0.223. The SMILES string of the molecule is CC1C=CC(C2=NC(c3ccccc3)=[N+]2c2ccccc2)=CC1c1ccc(N2c3ccccc3C3=Cc4c(n(-c5ccccc5)c5ccccc45)CC32C)cc1. The molecule has 3 atom stereocenters. The van der Waals surface area contributed by atoms with Gasteiger partial charge in [0.15, 0.2) is 0 Å². The van der Waals surface area contributed by atoms with Gasteiger partial charge < -0.3 is 9.47 Å². The number of anilines is 2. The Morgan fingerprint density at radius 1 is 0.696 bits per heavy atom. The fourth-order valence-electron chi connectivity index (χ4n) is 9.62. The molecule has 268 valence electrons. The maximum Gasteiger partial charge on any atom is 0.279 e. The highest BCUT2D eigenvalue weighted by Gasteiger charge is 2.48. The van der Waals surface area contributed by atoms with Gasteiger partial charge in [-0.2, -0.15) is 4.58 Å². The minimum atomic E-state index is -0.275. The highest BCUT2D eigenvalue weighted by molar-refractivity contribution is 6.17. The van der Waals surface area contributed by atoms with Crippen LogP contribution in [0.25, 0.3) is 28.2 Å². The summed E-state index contributed by atoms with van der Waals surface area (Å²) in [5, 5.41) is 1.30. The van der Waals surface area contributed by atoms with Gasteiger partial charge in [-0.15, -0.1) is 0 Å². The Hall–Kier alpha value is -6.78. The molecule has 11 rings (SSSR count). The van der Waals surface area contributed by atoms with Crippen LogP contribution >= 0.6 is 0 Å². The molecule has 0 N–H and O–H groups in total. The molecule has 1 aromatic heterocycles. The van der Waals surface area contributed by atoms with Crippen LogP contribution in [0.1, 0.15) is 47.7 Å². The summed E-state index contributed by atoms with van der Waals surface area (Å²) in [5.74, 6) is 2.54. The van der Waals surface area contributed by atoms with Crippen molar-refractivity contribution < 1.29 is 4.58 Å². The van der Waals surface area contributed by atoms with Crippen LogP contribution in [0.15, 0.2) is 193 Å². The first-order valence-corrected chi connectivity index (χ1v) is 19.7. The zero-order valence-electron chi connectivity index (χ0n) is 31.5. The molecule has 6 aromatic carbocycles. The molecule has 4 aliphatic rings. The molecule has 0 spiro atoms. The van der Waals surface area contributed by atoms with E-state index in [4.69, 9.17) is 4.99 Å². The van der Waals surface area contributed by atoms with Crippen molar-refractivity contribution in [3.05, 3.63) is 216 Å². The lowest BCUT2D eigenvalue weighted by Gasteiger charge is -2.41. The molecule has 7 aromatic rings. The molecular formula is C52H41N4+. The number of aliphatic imine (C=N–C) groups is 1. The summed E-state index contributed by atoms with van der Waals surface area (Å²) in [6.45, 7) is 4.76. The summed E-state index contributed by atoms with van der Waals surface area (Å²) >= 11 is 0. The monoisotopic (exact) mass is 721 g/mol. The van der Waals surface area contributed by atoms with E-state index in [1.54, 1.807) is 0 Å². The molecule has 4 nitrogen and oxygen atoms in total. The first-order chi connectivity index (χ1) is 27.6. The van der Waals surface area contributed by atoms with Crippen molar-refractivity contribution in [2.75, 3.05) is 4.90 Å². The van der Waals surface area contributed by atoms with Gasteiger partial charge in [0.1, 0.15) is 5.69 Å². The lowest BCUT2D eigenvalue weighted by molar-refractivity contribution is -0.319. The zero-order chi connectivity index (χ0) is 37.4. The van der Waals surface area contributed by atoms with E-state index in [0.717, 1.165) is 34.9 Å². The highest BCUT2D eigenvalue weighted by atomic mass is 15.2. The Kier molecular flexibility index (Phi) is 7.37. The van der Waals surface area contributed by atoms with Gasteiger partial charge in [-0.05, 0) is 90.7 Å². The predicted octanol–water partition coefficient (Wildman–Crippen LogP) is 12.1. The maximum atomic E-state index is 5.14. The summed E-state index contributed by atoms with van der Waals surface area (Å²) in [6, 6.07) is 59.1. The molecule has 0 fully saturated rings. The van der Waals surface area contributed by atoms with Crippen LogP contribution in [-0.4, -0.2) is 26.4 Å². The Morgan fingerprint density at radius 3 is 2.16 bits per heavy atom. The van der Waals surface area contributed by atoms with Gasteiger partial charge in [-0.1, -0.05) is 133 Å². The number of fused-ring (bicyclic) bond motifs is 6. The first-order valence-electron chi connectivity index (χ1n) is 19.7. The summed E-state index contributed by atoms with van der Waals surface area (Å²) in [4.78, 5) is 7.74. The summed E-state index contributed by atoms with van der Waals surface area (Å²) in [6.07, 6.45) is 10.4. The second-order valence-corrected chi connectivity index (χ2v) is 15.7. The van der Waals surface area contributed by atoms with Gasteiger partial charge in [0.25, 0.3) is 11.7 Å². The molecule has 2 aliphatic carbocycles. The summed E-state index contributed by atoms with van der Waals surface area (Å²) in [5.41, 5.74) is 14.8. The van der Waals surface area contributed by atoms with E-state index in [2.05, 4.69) is 216 Å². The maximum absolute atomic E-state index is 5.14. The number of aromatic nitrogens is 1. The smallest absolute Gasteiger partial charge is 0.279 e. The summed E-state index contributed by atoms with van der Waals surface area (Å²) in [7, 11) is 0. The molecule has 3 heterocycles. The number of hydrogen-bond donors (Lipinski definition) is 0. The Morgan fingerprint density at radius 2 is 1.38 bits per heavy atom. The van der Waals surface area contributed by atoms with Crippen LogP contribution in [0.2, 0.25) is 0 Å². The first kappa shape index (κ1) is 32.6. The van der Waals surface area contributed by atoms with Crippen LogP contribution in [0, 0.1) is 5.92 Å². The average molecular weight is 722 g/mol. The number of para-hydroxylation sites is 4. The normalized spacial score (nSPS) is 20.8. The van der Waals surface area contributed by atoms with Gasteiger partial charge in [-0.3, -0.25) is 0 Å². The Labute approximate surface area is 328 Å². The lowest BCUT2D eigenvalue weighted by atomic mass is 9.79. The third kappa shape index (κ3) is 4.92. The van der Waals surface area contributed by atoms with Crippen molar-refractivity contribution in [2.24, 2.45) is 10.9 Å². The molecule has 0 saturated heterocycles. The topological polar surface area (TPSA) is 23.5 Å². The fraction of sp³-hybridized carbons (Fsp3) is 0.115. The predicted molar refractivity (Wildman–Crippen MR) is 232 cm³/mol. The minimum Gasteiger partial charge on any atom is -0.331 e. The van der Waals surface area contributed by atoms with Crippen molar-refractivity contribution in [1.82, 2.24) is 4.57 Å². The van der Waals surface area contributed by atoms with Crippen molar-refractivity contribution in [1.29, 1.82) is 0 Å². The van der Waals surface area contributed by atoms with Gasteiger partial charge in [0, 0.05) is 57.2 Å². The number of benzene rings is 6. The Balaban J connectivity index is 0.963. The van der Waals surface area contributed by atoms with Crippen molar-refractivity contribution in [3.8, 4) is 5.69 Å². The van der Waals surface area contributed by atoms with E-state index in [-0.39, 0.29) is 11.5 Å². The van der Waals surface area contributed by atoms with E-state index < -0.39 is 0 Å². The van der Waals surface area contributed by atoms with Gasteiger partial charge in [-0.25, -0.2) is 0 Å². The molecule has 3 unspecified atom stereocenters. The van der Waals surface area contributed by atoms with Crippen LogP contribution in [0.5, 0.6) is 0 Å². The van der Waals surface area contributed by atoms with Crippen LogP contribution in [-0.2, 0) is 6.42 Å². The Bertz CT molecular complexity index is 2840. The van der Waals surface area contributed by atoms with E-state index in [1.807, 2.05) is 0 Å². The molecule has 0 radical (unpaired) electrons. The summed E-state index contributed by atoms with van der Waals surface area (Å²) < 4.78 is 4.78. The van der Waals surface area contributed by atoms with Crippen molar-refractivity contribution in [3.63, 3.8) is 0 Å². The second kappa shape index (κ2) is 12.6. The largest absolute Gasteiger partial charge is 0.331 e. The van der Waals surface area contributed by atoms with Crippen molar-refractivity contribution >= 4 is 51.3 Å². The van der Waals surface area contributed by atoms with E-state index >= 15 is 0 Å². The number of rotatable bonds is 6. The van der Waals surface area contributed by atoms with E-state index in [1.165, 1.54) is 55.9 Å². The fourth-order valence-corrected chi connectivity index (χ4v) is 9.62. The number of nitrogens with zero attached hydrogens (tertiary/aromatic N) is 4. The number of allylic oxidation sites excluding steroid dienone is 2. The average Bonchev–Trinajstić information content (AvgIpc) is 3.69. The quantitative estimate of drug-likeness (QED) is 0.157. The molecule has 2 aliphatic heterocycles. The zero-order valence-corrected chi connectivity index (χ0v) is 31.5. The molecule has 4 heteroatoms. The standard InChI is InChI=1S/C52H41N4/c1-35-26-27-38(51-53-50(37-16-6-3-7-17-37)55(51)40-20-10-5-11-21-40)32-44(35)36-28-30-41(31-29-36)56-48-25-15-13-23-43(48)46-33-45-42-22-12-14-24-47(42)54(39-18-8-4-9-19-39)49(45)34-52(46,56)2/h3-33,35,44H,34H2,1-2H3/q+1. The molecule has 0 amide bonds. The second-order valence-electron chi connectivity index (χ2n) is 15.7. The third-order valence-electron chi connectivity index (χ3n) is 12.3.